The van der Waals surface area contributed by atoms with Crippen LogP contribution in [-0.2, 0) is 0 Å². The number of pyridine rings is 1. The molecule has 1 heterocycles. The summed E-state index contributed by atoms with van der Waals surface area (Å²) in [5.41, 5.74) is 2.55. The highest BCUT2D eigenvalue weighted by Crippen LogP contribution is 2.42. The molecule has 1 aromatic rings. The Labute approximate surface area is 109 Å². The molecule has 2 atom stereocenters. The molecule has 2 nitrogen and oxygen atoms in total. The predicted octanol–water partition coefficient (Wildman–Crippen LogP) is 4.28. The summed E-state index contributed by atoms with van der Waals surface area (Å²) in [6, 6.07) is 2.58. The maximum absolute atomic E-state index is 6.12. The molecule has 0 aromatic carbocycles. The van der Waals surface area contributed by atoms with E-state index in [1.165, 1.54) is 12.8 Å². The van der Waals surface area contributed by atoms with E-state index in [9.17, 15) is 0 Å². The first-order chi connectivity index (χ1) is 7.87. The van der Waals surface area contributed by atoms with Crippen molar-refractivity contribution >= 4 is 17.3 Å². The van der Waals surface area contributed by atoms with Crippen molar-refractivity contribution in [1.82, 2.24) is 4.98 Å². The minimum absolute atomic E-state index is 0.431. The van der Waals surface area contributed by atoms with Crippen LogP contribution in [0.2, 0.25) is 5.15 Å². The van der Waals surface area contributed by atoms with Gasteiger partial charge < -0.3 is 5.32 Å². The first-order valence-electron chi connectivity index (χ1n) is 6.26. The molecule has 0 spiro atoms. The minimum Gasteiger partial charge on any atom is -0.380 e. The molecule has 1 fully saturated rings. The van der Waals surface area contributed by atoms with Gasteiger partial charge in [0.15, 0.2) is 5.15 Å². The lowest BCUT2D eigenvalue weighted by molar-refractivity contribution is 0.366. The van der Waals surface area contributed by atoms with Crippen molar-refractivity contribution in [3.05, 3.63) is 23.0 Å². The zero-order chi connectivity index (χ0) is 12.6. The maximum atomic E-state index is 6.12. The molecule has 1 saturated carbocycles. The topological polar surface area (TPSA) is 24.9 Å². The molecule has 2 rings (SSSR count). The third-order valence-corrected chi connectivity index (χ3v) is 3.95. The smallest absolute Gasteiger partial charge is 0.152 e. The van der Waals surface area contributed by atoms with E-state index in [1.54, 1.807) is 6.20 Å². The number of aryl methyl sites for hydroxylation is 1. The van der Waals surface area contributed by atoms with Crippen molar-refractivity contribution in [2.24, 2.45) is 11.3 Å². The van der Waals surface area contributed by atoms with Gasteiger partial charge in [0.1, 0.15) is 0 Å². The summed E-state index contributed by atoms with van der Waals surface area (Å²) in [6.45, 7) is 9.02. The summed E-state index contributed by atoms with van der Waals surface area (Å²) in [6.07, 6.45) is 4.26. The molecule has 0 aliphatic heterocycles. The van der Waals surface area contributed by atoms with E-state index in [-0.39, 0.29) is 0 Å². The van der Waals surface area contributed by atoms with Crippen molar-refractivity contribution in [2.45, 2.75) is 46.6 Å². The number of rotatable bonds is 2. The van der Waals surface area contributed by atoms with Gasteiger partial charge in [-0.3, -0.25) is 0 Å². The summed E-state index contributed by atoms with van der Waals surface area (Å²) < 4.78 is 0. The van der Waals surface area contributed by atoms with E-state index in [1.807, 2.05) is 6.92 Å². The lowest BCUT2D eigenvalue weighted by Crippen LogP contribution is -2.22. The molecular formula is C14H21ClN2. The number of hydrogen-bond donors (Lipinski definition) is 1. The van der Waals surface area contributed by atoms with Crippen molar-refractivity contribution < 1.29 is 0 Å². The zero-order valence-electron chi connectivity index (χ0n) is 11.0. The standard InChI is InChI=1S/C14H21ClN2/c1-9-5-11(13(15)16-8-9)17-12-7-14(3,4)6-10(12)2/h5,8,10,12,17H,6-7H2,1-4H3. The van der Waals surface area contributed by atoms with Crippen LogP contribution in [0, 0.1) is 18.3 Å². The Morgan fingerprint density at radius 1 is 1.41 bits per heavy atom. The molecule has 94 valence electrons. The molecule has 0 radical (unpaired) electrons. The molecule has 1 aliphatic carbocycles. The van der Waals surface area contributed by atoms with Gasteiger partial charge in [0.05, 0.1) is 5.69 Å². The summed E-state index contributed by atoms with van der Waals surface area (Å²) >= 11 is 6.12. The maximum Gasteiger partial charge on any atom is 0.152 e. The highest BCUT2D eigenvalue weighted by Gasteiger charge is 2.36. The van der Waals surface area contributed by atoms with Gasteiger partial charge in [-0.2, -0.15) is 0 Å². The highest BCUT2D eigenvalue weighted by molar-refractivity contribution is 6.31. The molecule has 1 aliphatic rings. The summed E-state index contributed by atoms with van der Waals surface area (Å²) in [4.78, 5) is 4.19. The Kier molecular flexibility index (Phi) is 3.35. The zero-order valence-corrected chi connectivity index (χ0v) is 11.8. The quantitative estimate of drug-likeness (QED) is 0.795. The lowest BCUT2D eigenvalue weighted by Gasteiger charge is -2.20. The van der Waals surface area contributed by atoms with Crippen molar-refractivity contribution in [3.63, 3.8) is 0 Å². The van der Waals surface area contributed by atoms with Crippen molar-refractivity contribution in [3.8, 4) is 0 Å². The predicted molar refractivity (Wildman–Crippen MR) is 73.6 cm³/mol. The fourth-order valence-corrected chi connectivity index (χ4v) is 3.10. The van der Waals surface area contributed by atoms with E-state index >= 15 is 0 Å². The third-order valence-electron chi connectivity index (χ3n) is 3.65. The fourth-order valence-electron chi connectivity index (χ4n) is 2.94. The molecule has 0 amide bonds. The van der Waals surface area contributed by atoms with Crippen LogP contribution in [0.15, 0.2) is 12.3 Å². The van der Waals surface area contributed by atoms with Gasteiger partial charge in [0, 0.05) is 12.2 Å². The van der Waals surface area contributed by atoms with E-state index in [0.717, 1.165) is 11.3 Å². The van der Waals surface area contributed by atoms with Crippen LogP contribution in [0.25, 0.3) is 0 Å². The van der Waals surface area contributed by atoms with E-state index in [2.05, 4.69) is 37.1 Å². The summed E-state index contributed by atoms with van der Waals surface area (Å²) in [5, 5.41) is 4.14. The SMILES string of the molecule is Cc1cnc(Cl)c(NC2CC(C)(C)CC2C)c1. The van der Waals surface area contributed by atoms with Gasteiger partial charge in [-0.1, -0.05) is 32.4 Å². The second-order valence-corrected chi connectivity index (χ2v) is 6.51. The summed E-state index contributed by atoms with van der Waals surface area (Å²) in [7, 11) is 0. The number of hydrogen-bond acceptors (Lipinski definition) is 2. The van der Waals surface area contributed by atoms with Crippen LogP contribution < -0.4 is 5.32 Å². The van der Waals surface area contributed by atoms with E-state index < -0.39 is 0 Å². The van der Waals surface area contributed by atoms with Gasteiger partial charge in [-0.25, -0.2) is 4.98 Å². The van der Waals surface area contributed by atoms with Gasteiger partial charge in [-0.05, 0) is 42.7 Å². The Bertz CT molecular complexity index is 415. The Balaban J connectivity index is 2.14. The lowest BCUT2D eigenvalue weighted by atomic mass is 9.91. The van der Waals surface area contributed by atoms with Crippen molar-refractivity contribution in [2.75, 3.05) is 5.32 Å². The molecule has 0 saturated heterocycles. The molecule has 17 heavy (non-hydrogen) atoms. The first kappa shape index (κ1) is 12.7. The number of anilines is 1. The minimum atomic E-state index is 0.431. The molecular weight excluding hydrogens is 232 g/mol. The second kappa shape index (κ2) is 4.49. The number of aromatic nitrogens is 1. The molecule has 0 bridgehead atoms. The molecule has 3 heteroatoms. The monoisotopic (exact) mass is 252 g/mol. The van der Waals surface area contributed by atoms with Crippen LogP contribution in [0.4, 0.5) is 5.69 Å². The summed E-state index contributed by atoms with van der Waals surface area (Å²) in [5.74, 6) is 0.682. The second-order valence-electron chi connectivity index (χ2n) is 6.15. The van der Waals surface area contributed by atoms with Crippen LogP contribution in [-0.4, -0.2) is 11.0 Å². The van der Waals surface area contributed by atoms with Gasteiger partial charge in [-0.15, -0.1) is 0 Å². The van der Waals surface area contributed by atoms with Crippen molar-refractivity contribution in [1.29, 1.82) is 0 Å². The van der Waals surface area contributed by atoms with E-state index in [4.69, 9.17) is 11.6 Å². The third kappa shape index (κ3) is 2.92. The van der Waals surface area contributed by atoms with Crippen LogP contribution in [0.1, 0.15) is 39.2 Å². The molecule has 1 aromatic heterocycles. The van der Waals surface area contributed by atoms with Crippen LogP contribution in [0.5, 0.6) is 0 Å². The average molecular weight is 253 g/mol. The van der Waals surface area contributed by atoms with Crippen LogP contribution >= 0.6 is 11.6 Å². The molecule has 1 N–H and O–H groups in total. The number of nitrogens with zero attached hydrogens (tertiary/aromatic N) is 1. The number of halogens is 1. The van der Waals surface area contributed by atoms with Gasteiger partial charge in [0.2, 0.25) is 0 Å². The van der Waals surface area contributed by atoms with Gasteiger partial charge >= 0.3 is 0 Å². The van der Waals surface area contributed by atoms with E-state index in [0.29, 0.717) is 22.5 Å². The van der Waals surface area contributed by atoms with Gasteiger partial charge in [0.25, 0.3) is 0 Å². The normalized spacial score (nSPS) is 27.1. The first-order valence-corrected chi connectivity index (χ1v) is 6.64. The Morgan fingerprint density at radius 3 is 2.71 bits per heavy atom. The Hall–Kier alpha value is -0.760. The Morgan fingerprint density at radius 2 is 2.12 bits per heavy atom. The molecule has 2 unspecified atom stereocenters. The largest absolute Gasteiger partial charge is 0.380 e. The number of nitrogens with one attached hydrogen (secondary N) is 1. The van der Waals surface area contributed by atoms with Crippen LogP contribution in [0.3, 0.4) is 0 Å². The highest BCUT2D eigenvalue weighted by atomic mass is 35.5. The fraction of sp³-hybridized carbons (Fsp3) is 0.643. The average Bonchev–Trinajstić information content (AvgIpc) is 2.46.